The average molecular weight is 498 g/mol. The number of fused-ring (bicyclic) bond motifs is 1. The number of amides is 2. The third-order valence-electron chi connectivity index (χ3n) is 6.93. The standard InChI is InChI=1S/C29H31N5O3/c1-34(2)29(36)23-14-19(8-9-24(23)33-28(35)18-10-12-30-13-11-18)20-15-22-25(31-16-20)17-32-27(22)21-6-4-5-7-26(21)37-3/h4-9,14-16,18,30H,10-13,17H2,1-3H3,(H,33,35). The van der Waals surface area contributed by atoms with Crippen molar-refractivity contribution >= 4 is 23.2 Å². The molecule has 0 radical (unpaired) electrons. The van der Waals surface area contributed by atoms with Crippen LogP contribution in [0.5, 0.6) is 5.75 Å². The van der Waals surface area contributed by atoms with E-state index in [1.165, 1.54) is 4.90 Å². The largest absolute Gasteiger partial charge is 0.496 e. The lowest BCUT2D eigenvalue weighted by Crippen LogP contribution is -2.35. The van der Waals surface area contributed by atoms with Crippen molar-refractivity contribution in [2.45, 2.75) is 19.4 Å². The third kappa shape index (κ3) is 4.97. The molecule has 2 aliphatic heterocycles. The van der Waals surface area contributed by atoms with Gasteiger partial charge in [0.15, 0.2) is 0 Å². The number of para-hydroxylation sites is 1. The lowest BCUT2D eigenvalue weighted by Gasteiger charge is -2.23. The second kappa shape index (κ2) is 10.5. The molecule has 0 saturated carbocycles. The van der Waals surface area contributed by atoms with Crippen molar-refractivity contribution < 1.29 is 14.3 Å². The lowest BCUT2D eigenvalue weighted by molar-refractivity contribution is -0.120. The van der Waals surface area contributed by atoms with Gasteiger partial charge in [-0.25, -0.2) is 0 Å². The molecule has 2 amide bonds. The topological polar surface area (TPSA) is 95.9 Å². The lowest BCUT2D eigenvalue weighted by atomic mass is 9.95. The van der Waals surface area contributed by atoms with E-state index in [9.17, 15) is 9.59 Å². The Morgan fingerprint density at radius 1 is 1.03 bits per heavy atom. The zero-order valence-electron chi connectivity index (χ0n) is 21.4. The van der Waals surface area contributed by atoms with E-state index in [0.29, 0.717) is 17.8 Å². The van der Waals surface area contributed by atoms with Gasteiger partial charge in [-0.2, -0.15) is 0 Å². The molecule has 0 bridgehead atoms. The number of rotatable bonds is 6. The molecular formula is C29H31N5O3. The first-order valence-electron chi connectivity index (χ1n) is 12.5. The van der Waals surface area contributed by atoms with Crippen LogP contribution >= 0.6 is 0 Å². The molecule has 37 heavy (non-hydrogen) atoms. The number of methoxy groups -OCH3 is 1. The Labute approximate surface area is 216 Å². The van der Waals surface area contributed by atoms with Gasteiger partial charge in [0.25, 0.3) is 5.91 Å². The Hall–Kier alpha value is -4.04. The highest BCUT2D eigenvalue weighted by Gasteiger charge is 2.25. The molecule has 190 valence electrons. The Morgan fingerprint density at radius 3 is 2.57 bits per heavy atom. The van der Waals surface area contributed by atoms with Crippen LogP contribution in [0.15, 0.2) is 59.7 Å². The minimum Gasteiger partial charge on any atom is -0.496 e. The molecule has 1 saturated heterocycles. The fourth-order valence-corrected chi connectivity index (χ4v) is 4.86. The molecule has 8 nitrogen and oxygen atoms in total. The Kier molecular flexibility index (Phi) is 7.01. The predicted octanol–water partition coefficient (Wildman–Crippen LogP) is 3.75. The van der Waals surface area contributed by atoms with Gasteiger partial charge >= 0.3 is 0 Å². The normalized spacial score (nSPS) is 15.1. The van der Waals surface area contributed by atoms with E-state index in [4.69, 9.17) is 9.73 Å². The number of nitrogens with one attached hydrogen (secondary N) is 2. The molecule has 8 heteroatoms. The summed E-state index contributed by atoms with van der Waals surface area (Å²) in [6.45, 7) is 2.16. The average Bonchev–Trinajstić information content (AvgIpc) is 3.36. The maximum atomic E-state index is 13.1. The Bertz CT molecular complexity index is 1380. The monoisotopic (exact) mass is 497 g/mol. The number of benzene rings is 2. The van der Waals surface area contributed by atoms with Crippen molar-refractivity contribution in [3.05, 3.63) is 77.1 Å². The summed E-state index contributed by atoms with van der Waals surface area (Å²) in [5, 5.41) is 6.29. The van der Waals surface area contributed by atoms with Gasteiger partial charge in [-0.1, -0.05) is 18.2 Å². The van der Waals surface area contributed by atoms with E-state index < -0.39 is 0 Å². The molecular weight excluding hydrogens is 466 g/mol. The zero-order valence-corrected chi connectivity index (χ0v) is 21.4. The number of hydrogen-bond acceptors (Lipinski definition) is 6. The predicted molar refractivity (Wildman–Crippen MR) is 144 cm³/mol. The summed E-state index contributed by atoms with van der Waals surface area (Å²) in [4.78, 5) is 37.0. The first-order chi connectivity index (χ1) is 18.0. The summed E-state index contributed by atoms with van der Waals surface area (Å²) in [7, 11) is 5.07. The highest BCUT2D eigenvalue weighted by molar-refractivity contribution is 6.16. The van der Waals surface area contributed by atoms with Gasteiger partial charge in [0.1, 0.15) is 5.75 Å². The van der Waals surface area contributed by atoms with Gasteiger partial charge in [-0.05, 0) is 61.8 Å². The van der Waals surface area contributed by atoms with Crippen LogP contribution in [0.1, 0.15) is 40.0 Å². The van der Waals surface area contributed by atoms with Crippen LogP contribution in [0.2, 0.25) is 0 Å². The fourth-order valence-electron chi connectivity index (χ4n) is 4.86. The summed E-state index contributed by atoms with van der Waals surface area (Å²) >= 11 is 0. The summed E-state index contributed by atoms with van der Waals surface area (Å²) in [5.41, 5.74) is 6.30. The minimum atomic E-state index is -0.173. The van der Waals surface area contributed by atoms with Crippen molar-refractivity contribution in [2.24, 2.45) is 10.9 Å². The maximum Gasteiger partial charge on any atom is 0.255 e. The number of anilines is 1. The number of ether oxygens (including phenoxy) is 1. The molecule has 3 heterocycles. The van der Waals surface area contributed by atoms with Gasteiger partial charge in [-0.15, -0.1) is 0 Å². The second-order valence-electron chi connectivity index (χ2n) is 9.56. The van der Waals surface area contributed by atoms with Crippen molar-refractivity contribution in [1.82, 2.24) is 15.2 Å². The van der Waals surface area contributed by atoms with Gasteiger partial charge in [0, 0.05) is 42.9 Å². The Morgan fingerprint density at radius 2 is 1.81 bits per heavy atom. The van der Waals surface area contributed by atoms with E-state index in [1.807, 2.05) is 48.7 Å². The van der Waals surface area contributed by atoms with Gasteiger partial charge in [0.05, 0.1) is 36.3 Å². The zero-order chi connectivity index (χ0) is 25.9. The molecule has 0 unspecified atom stereocenters. The number of piperidine rings is 1. The summed E-state index contributed by atoms with van der Waals surface area (Å²) in [6, 6.07) is 15.4. The smallest absolute Gasteiger partial charge is 0.255 e. The van der Waals surface area contributed by atoms with Crippen LogP contribution < -0.4 is 15.4 Å². The second-order valence-corrected chi connectivity index (χ2v) is 9.56. The quantitative estimate of drug-likeness (QED) is 0.541. The summed E-state index contributed by atoms with van der Waals surface area (Å²) in [6.07, 6.45) is 3.39. The molecule has 2 aliphatic rings. The molecule has 5 rings (SSSR count). The van der Waals surface area contributed by atoms with Crippen molar-refractivity contribution in [3.63, 3.8) is 0 Å². The Balaban J connectivity index is 1.49. The molecule has 1 fully saturated rings. The number of hydrogen-bond donors (Lipinski definition) is 2. The van der Waals surface area contributed by atoms with Crippen LogP contribution in [0, 0.1) is 5.92 Å². The molecule has 1 aromatic heterocycles. The molecule has 0 aliphatic carbocycles. The molecule has 2 N–H and O–H groups in total. The van der Waals surface area contributed by atoms with E-state index in [1.54, 1.807) is 21.2 Å². The van der Waals surface area contributed by atoms with Crippen LogP contribution in [0.25, 0.3) is 11.1 Å². The van der Waals surface area contributed by atoms with Crippen LogP contribution in [0.4, 0.5) is 5.69 Å². The van der Waals surface area contributed by atoms with E-state index in [2.05, 4.69) is 21.7 Å². The number of aromatic nitrogens is 1. The van der Waals surface area contributed by atoms with Crippen molar-refractivity contribution in [3.8, 4) is 16.9 Å². The minimum absolute atomic E-state index is 0.0427. The first kappa shape index (κ1) is 24.6. The molecule has 0 spiro atoms. The molecule has 3 aromatic rings. The molecule has 0 atom stereocenters. The summed E-state index contributed by atoms with van der Waals surface area (Å²) in [5.74, 6) is 0.482. The number of aliphatic imine (C=N–C) groups is 1. The highest BCUT2D eigenvalue weighted by atomic mass is 16.5. The van der Waals surface area contributed by atoms with E-state index in [-0.39, 0.29) is 17.7 Å². The van der Waals surface area contributed by atoms with Gasteiger partial charge in [0.2, 0.25) is 5.91 Å². The number of nitrogens with zero attached hydrogens (tertiary/aromatic N) is 3. The summed E-state index contributed by atoms with van der Waals surface area (Å²) < 4.78 is 5.56. The SMILES string of the molecule is COc1ccccc1C1=NCc2ncc(-c3ccc(NC(=O)C4CCNCC4)c(C(=O)N(C)C)c3)cc21. The van der Waals surface area contributed by atoms with Gasteiger partial charge in [-0.3, -0.25) is 19.6 Å². The third-order valence-corrected chi connectivity index (χ3v) is 6.93. The van der Waals surface area contributed by atoms with Crippen molar-refractivity contribution in [1.29, 1.82) is 0 Å². The van der Waals surface area contributed by atoms with Crippen LogP contribution in [0.3, 0.4) is 0 Å². The highest BCUT2D eigenvalue weighted by Crippen LogP contribution is 2.32. The van der Waals surface area contributed by atoms with Crippen molar-refractivity contribution in [2.75, 3.05) is 39.6 Å². The molecule has 2 aromatic carbocycles. The fraction of sp³-hybridized carbons (Fsp3) is 0.310. The van der Waals surface area contributed by atoms with Gasteiger partial charge < -0.3 is 20.3 Å². The number of carbonyl (C=O) groups excluding carboxylic acids is 2. The maximum absolute atomic E-state index is 13.1. The van der Waals surface area contributed by atoms with Crippen LogP contribution in [-0.4, -0.2) is 61.7 Å². The van der Waals surface area contributed by atoms with E-state index >= 15 is 0 Å². The first-order valence-corrected chi connectivity index (χ1v) is 12.5. The van der Waals surface area contributed by atoms with E-state index in [0.717, 1.165) is 65.3 Å². The van der Waals surface area contributed by atoms with Crippen LogP contribution in [-0.2, 0) is 11.3 Å². The number of pyridine rings is 1. The number of carbonyl (C=O) groups is 2.